The summed E-state index contributed by atoms with van der Waals surface area (Å²) < 4.78 is 5.31. The number of aromatic nitrogens is 4. The highest BCUT2D eigenvalue weighted by molar-refractivity contribution is 5.64. The van der Waals surface area contributed by atoms with Crippen LogP contribution in [0.2, 0.25) is 0 Å². The van der Waals surface area contributed by atoms with Crippen LogP contribution >= 0.6 is 0 Å². The summed E-state index contributed by atoms with van der Waals surface area (Å²) in [4.78, 5) is 4.39. The largest absolute Gasteiger partial charge is 0.399 e. The third-order valence-electron chi connectivity index (χ3n) is 2.90. The van der Waals surface area contributed by atoms with E-state index in [4.69, 9.17) is 10.3 Å². The first-order valence-corrected chi connectivity index (χ1v) is 6.14. The summed E-state index contributed by atoms with van der Waals surface area (Å²) in [6.07, 6.45) is 0. The Bertz CT molecular complexity index is 766. The number of anilines is 1. The fraction of sp³-hybridized carbons (Fsp3) is 0.143. The summed E-state index contributed by atoms with van der Waals surface area (Å²) in [6, 6.07) is 9.22. The second-order valence-electron chi connectivity index (χ2n) is 4.53. The van der Waals surface area contributed by atoms with Gasteiger partial charge < -0.3 is 10.3 Å². The highest BCUT2D eigenvalue weighted by Crippen LogP contribution is 2.24. The summed E-state index contributed by atoms with van der Waals surface area (Å²) in [5, 5.41) is 12.0. The van der Waals surface area contributed by atoms with Crippen LogP contribution in [0, 0.1) is 13.8 Å². The number of benzene rings is 1. The van der Waals surface area contributed by atoms with Crippen LogP contribution in [0.3, 0.4) is 0 Å². The van der Waals surface area contributed by atoms with Crippen LogP contribution in [0.1, 0.15) is 11.4 Å². The molecule has 3 rings (SSSR count). The first-order chi connectivity index (χ1) is 9.63. The maximum atomic E-state index is 5.75. The predicted octanol–water partition coefficient (Wildman–Crippen LogP) is 2.39. The lowest BCUT2D eigenvalue weighted by molar-refractivity contribution is 0.431. The fourth-order valence-corrected chi connectivity index (χ4v) is 1.89. The lowest BCUT2D eigenvalue weighted by atomic mass is 10.2. The Morgan fingerprint density at radius 3 is 2.75 bits per heavy atom. The minimum Gasteiger partial charge on any atom is -0.399 e. The van der Waals surface area contributed by atoms with Crippen LogP contribution in [0.25, 0.3) is 22.8 Å². The van der Waals surface area contributed by atoms with Crippen molar-refractivity contribution in [3.05, 3.63) is 41.7 Å². The van der Waals surface area contributed by atoms with Gasteiger partial charge in [-0.25, -0.2) is 0 Å². The van der Waals surface area contributed by atoms with E-state index in [0.717, 1.165) is 22.5 Å². The minimum absolute atomic E-state index is 0.429. The molecular formula is C14H13N5O. The van der Waals surface area contributed by atoms with Gasteiger partial charge in [0, 0.05) is 11.3 Å². The Balaban J connectivity index is 2.04. The second-order valence-corrected chi connectivity index (χ2v) is 4.53. The monoisotopic (exact) mass is 267 g/mol. The molecule has 0 aliphatic rings. The van der Waals surface area contributed by atoms with Gasteiger partial charge in [0.1, 0.15) is 0 Å². The average molecular weight is 267 g/mol. The molecule has 0 bridgehead atoms. The molecule has 0 atom stereocenters. The van der Waals surface area contributed by atoms with E-state index in [1.54, 1.807) is 6.07 Å². The molecule has 100 valence electrons. The predicted molar refractivity (Wildman–Crippen MR) is 74.6 cm³/mol. The maximum Gasteiger partial charge on any atom is 0.260 e. The molecule has 0 unspecified atom stereocenters. The smallest absolute Gasteiger partial charge is 0.260 e. The molecule has 2 heterocycles. The van der Waals surface area contributed by atoms with Crippen LogP contribution in [0.15, 0.2) is 34.9 Å². The molecule has 0 saturated heterocycles. The van der Waals surface area contributed by atoms with Crippen molar-refractivity contribution >= 4 is 5.69 Å². The van der Waals surface area contributed by atoms with Crippen molar-refractivity contribution in [3.63, 3.8) is 0 Å². The molecule has 2 aromatic heterocycles. The van der Waals surface area contributed by atoms with Crippen molar-refractivity contribution in [2.24, 2.45) is 0 Å². The van der Waals surface area contributed by atoms with Gasteiger partial charge in [0.15, 0.2) is 0 Å². The summed E-state index contributed by atoms with van der Waals surface area (Å²) >= 11 is 0. The van der Waals surface area contributed by atoms with Gasteiger partial charge in [-0.3, -0.25) is 0 Å². The highest BCUT2D eigenvalue weighted by atomic mass is 16.5. The number of nitrogens with zero attached hydrogens (tertiary/aromatic N) is 4. The van der Waals surface area contributed by atoms with Crippen molar-refractivity contribution < 1.29 is 4.52 Å². The molecular weight excluding hydrogens is 254 g/mol. The van der Waals surface area contributed by atoms with Gasteiger partial charge in [-0.1, -0.05) is 17.3 Å². The molecule has 0 spiro atoms. The second kappa shape index (κ2) is 4.73. The summed E-state index contributed by atoms with van der Waals surface area (Å²) in [5.74, 6) is 0.930. The van der Waals surface area contributed by atoms with E-state index in [-0.39, 0.29) is 0 Å². The molecule has 0 radical (unpaired) electrons. The zero-order chi connectivity index (χ0) is 14.1. The number of rotatable bonds is 2. The minimum atomic E-state index is 0.429. The van der Waals surface area contributed by atoms with E-state index in [9.17, 15) is 0 Å². The first kappa shape index (κ1) is 12.3. The van der Waals surface area contributed by atoms with E-state index in [0.29, 0.717) is 17.4 Å². The molecule has 3 aromatic rings. The van der Waals surface area contributed by atoms with Crippen molar-refractivity contribution in [1.82, 2.24) is 20.3 Å². The molecule has 0 aliphatic heterocycles. The molecule has 0 amide bonds. The standard InChI is InChI=1S/C14H13N5O/c1-8-6-12(9(2)18-17-8)14-16-13(19-20-14)10-4-3-5-11(15)7-10/h3-7H,15H2,1-2H3. The van der Waals surface area contributed by atoms with Gasteiger partial charge >= 0.3 is 0 Å². The molecule has 2 N–H and O–H groups in total. The number of nitrogens with two attached hydrogens (primary N) is 1. The Morgan fingerprint density at radius 1 is 1.10 bits per heavy atom. The van der Waals surface area contributed by atoms with Crippen molar-refractivity contribution in [2.75, 3.05) is 5.73 Å². The average Bonchev–Trinajstić information content (AvgIpc) is 2.91. The Hall–Kier alpha value is -2.76. The maximum absolute atomic E-state index is 5.75. The number of nitrogen functional groups attached to an aromatic ring is 1. The van der Waals surface area contributed by atoms with Crippen molar-refractivity contribution in [3.8, 4) is 22.8 Å². The topological polar surface area (TPSA) is 90.7 Å². The third kappa shape index (κ3) is 2.23. The van der Waals surface area contributed by atoms with Crippen LogP contribution in [-0.2, 0) is 0 Å². The Labute approximate surface area is 115 Å². The third-order valence-corrected chi connectivity index (χ3v) is 2.90. The van der Waals surface area contributed by atoms with Crippen LogP contribution in [0.5, 0.6) is 0 Å². The Morgan fingerprint density at radius 2 is 1.95 bits per heavy atom. The number of aryl methyl sites for hydroxylation is 2. The molecule has 1 aromatic carbocycles. The van der Waals surface area contributed by atoms with E-state index >= 15 is 0 Å². The van der Waals surface area contributed by atoms with Gasteiger partial charge in [-0.15, -0.1) is 0 Å². The molecule has 20 heavy (non-hydrogen) atoms. The van der Waals surface area contributed by atoms with Gasteiger partial charge in [0.25, 0.3) is 5.89 Å². The molecule has 0 saturated carbocycles. The summed E-state index contributed by atoms with van der Waals surface area (Å²) in [7, 11) is 0. The lowest BCUT2D eigenvalue weighted by Gasteiger charge is -1.99. The van der Waals surface area contributed by atoms with E-state index in [1.807, 2.05) is 38.1 Å². The molecule has 0 fully saturated rings. The summed E-state index contributed by atoms with van der Waals surface area (Å²) in [6.45, 7) is 3.72. The SMILES string of the molecule is Cc1cc(-c2nc(-c3cccc(N)c3)no2)c(C)nn1. The fourth-order valence-electron chi connectivity index (χ4n) is 1.89. The van der Waals surface area contributed by atoms with Gasteiger partial charge in [0.2, 0.25) is 5.82 Å². The Kier molecular flexibility index (Phi) is 2.90. The number of hydrogen-bond donors (Lipinski definition) is 1. The number of hydrogen-bond acceptors (Lipinski definition) is 6. The molecule has 6 heteroatoms. The van der Waals surface area contributed by atoms with Crippen LogP contribution < -0.4 is 5.73 Å². The van der Waals surface area contributed by atoms with Crippen LogP contribution in [-0.4, -0.2) is 20.3 Å². The molecule has 0 aliphatic carbocycles. The van der Waals surface area contributed by atoms with E-state index in [2.05, 4.69) is 20.3 Å². The first-order valence-electron chi connectivity index (χ1n) is 6.14. The van der Waals surface area contributed by atoms with Crippen molar-refractivity contribution in [2.45, 2.75) is 13.8 Å². The molecule has 6 nitrogen and oxygen atoms in total. The normalized spacial score (nSPS) is 10.7. The zero-order valence-electron chi connectivity index (χ0n) is 11.2. The van der Waals surface area contributed by atoms with E-state index < -0.39 is 0 Å². The van der Waals surface area contributed by atoms with Crippen molar-refractivity contribution in [1.29, 1.82) is 0 Å². The quantitative estimate of drug-likeness (QED) is 0.717. The highest BCUT2D eigenvalue weighted by Gasteiger charge is 2.14. The van der Waals surface area contributed by atoms with Crippen LogP contribution in [0.4, 0.5) is 5.69 Å². The van der Waals surface area contributed by atoms with Gasteiger partial charge in [-0.05, 0) is 32.0 Å². The van der Waals surface area contributed by atoms with E-state index in [1.165, 1.54) is 0 Å². The van der Waals surface area contributed by atoms with Gasteiger partial charge in [-0.2, -0.15) is 15.2 Å². The zero-order valence-corrected chi connectivity index (χ0v) is 11.2. The van der Waals surface area contributed by atoms with Gasteiger partial charge in [0.05, 0.1) is 17.0 Å². The lowest BCUT2D eigenvalue weighted by Crippen LogP contribution is -1.94. The summed E-state index contributed by atoms with van der Waals surface area (Å²) in [5.41, 5.74) is 9.57.